The SMILES string of the molecule is NCC[C@H]1O[C@H](O)[C@@H](O)[C@@H](O)[C@@H]1O. The van der Waals surface area contributed by atoms with Gasteiger partial charge in [-0.3, -0.25) is 0 Å². The van der Waals surface area contributed by atoms with Crippen LogP contribution in [0.2, 0.25) is 0 Å². The lowest BCUT2D eigenvalue weighted by molar-refractivity contribution is -0.282. The van der Waals surface area contributed by atoms with Gasteiger partial charge >= 0.3 is 0 Å². The summed E-state index contributed by atoms with van der Waals surface area (Å²) in [5, 5.41) is 36.8. The van der Waals surface area contributed by atoms with E-state index < -0.39 is 30.7 Å². The molecule has 0 aromatic rings. The lowest BCUT2D eigenvalue weighted by Crippen LogP contribution is -2.57. The second-order valence-corrected chi connectivity index (χ2v) is 3.11. The lowest BCUT2D eigenvalue weighted by Gasteiger charge is -2.38. The molecule has 1 aliphatic heterocycles. The van der Waals surface area contributed by atoms with Crippen LogP contribution in [-0.2, 0) is 4.74 Å². The molecule has 0 aromatic carbocycles. The summed E-state index contributed by atoms with van der Waals surface area (Å²) in [5.41, 5.74) is 5.23. The number of aliphatic hydroxyl groups is 4. The quantitative estimate of drug-likeness (QED) is 0.322. The zero-order valence-electron chi connectivity index (χ0n) is 7.08. The molecule has 6 nitrogen and oxygen atoms in total. The van der Waals surface area contributed by atoms with Crippen molar-refractivity contribution in [2.75, 3.05) is 6.54 Å². The van der Waals surface area contributed by atoms with E-state index in [9.17, 15) is 10.2 Å². The summed E-state index contributed by atoms with van der Waals surface area (Å²) in [6, 6.07) is 0. The zero-order valence-corrected chi connectivity index (χ0v) is 7.08. The monoisotopic (exact) mass is 193 g/mol. The molecule has 0 unspecified atom stereocenters. The van der Waals surface area contributed by atoms with Crippen molar-refractivity contribution in [3.63, 3.8) is 0 Å². The Kier molecular flexibility index (Phi) is 3.60. The highest BCUT2D eigenvalue weighted by Gasteiger charge is 2.42. The van der Waals surface area contributed by atoms with Crippen LogP contribution >= 0.6 is 0 Å². The van der Waals surface area contributed by atoms with Gasteiger partial charge in [0.15, 0.2) is 6.29 Å². The van der Waals surface area contributed by atoms with Crippen LogP contribution in [0, 0.1) is 0 Å². The molecule has 0 spiro atoms. The summed E-state index contributed by atoms with van der Waals surface area (Å²) in [6.07, 6.45) is -5.93. The minimum atomic E-state index is -1.47. The molecular weight excluding hydrogens is 178 g/mol. The fourth-order valence-corrected chi connectivity index (χ4v) is 1.33. The second-order valence-electron chi connectivity index (χ2n) is 3.11. The summed E-state index contributed by atoms with van der Waals surface area (Å²) in [5.74, 6) is 0. The van der Waals surface area contributed by atoms with Crippen LogP contribution in [0.3, 0.4) is 0 Å². The minimum Gasteiger partial charge on any atom is -0.388 e. The van der Waals surface area contributed by atoms with E-state index in [-0.39, 0.29) is 6.54 Å². The van der Waals surface area contributed by atoms with Gasteiger partial charge in [-0.15, -0.1) is 0 Å². The van der Waals surface area contributed by atoms with Gasteiger partial charge in [-0.1, -0.05) is 0 Å². The average molecular weight is 193 g/mol. The minimum absolute atomic E-state index is 0.275. The van der Waals surface area contributed by atoms with Crippen molar-refractivity contribution in [2.24, 2.45) is 5.73 Å². The molecule has 6 N–H and O–H groups in total. The van der Waals surface area contributed by atoms with Crippen molar-refractivity contribution in [3.8, 4) is 0 Å². The largest absolute Gasteiger partial charge is 0.388 e. The van der Waals surface area contributed by atoms with Crippen molar-refractivity contribution < 1.29 is 25.2 Å². The van der Waals surface area contributed by atoms with Gasteiger partial charge in [0, 0.05) is 0 Å². The smallest absolute Gasteiger partial charge is 0.183 e. The first-order valence-electron chi connectivity index (χ1n) is 4.15. The number of hydrogen-bond donors (Lipinski definition) is 5. The summed E-state index contributed by atoms with van der Waals surface area (Å²) >= 11 is 0. The molecular formula is C7H15NO5. The molecule has 78 valence electrons. The molecule has 0 radical (unpaired) electrons. The van der Waals surface area contributed by atoms with Crippen molar-refractivity contribution in [3.05, 3.63) is 0 Å². The summed E-state index contributed by atoms with van der Waals surface area (Å²) in [4.78, 5) is 0. The molecule has 1 rings (SSSR count). The normalized spacial score (nSPS) is 46.4. The second kappa shape index (κ2) is 4.32. The van der Waals surface area contributed by atoms with Crippen molar-refractivity contribution in [1.29, 1.82) is 0 Å². The maximum absolute atomic E-state index is 9.36. The van der Waals surface area contributed by atoms with E-state index in [1.807, 2.05) is 0 Å². The third-order valence-electron chi connectivity index (χ3n) is 2.14. The van der Waals surface area contributed by atoms with Gasteiger partial charge in [-0.25, -0.2) is 0 Å². The number of ether oxygens (including phenoxy) is 1. The zero-order chi connectivity index (χ0) is 10.0. The molecule has 1 saturated heterocycles. The van der Waals surface area contributed by atoms with E-state index in [0.717, 1.165) is 0 Å². The van der Waals surface area contributed by atoms with Gasteiger partial charge in [-0.2, -0.15) is 0 Å². The van der Waals surface area contributed by atoms with Crippen LogP contribution in [0.5, 0.6) is 0 Å². The Bertz CT molecular complexity index is 167. The van der Waals surface area contributed by atoms with Crippen molar-refractivity contribution >= 4 is 0 Å². The molecule has 13 heavy (non-hydrogen) atoms. The van der Waals surface area contributed by atoms with Gasteiger partial charge in [-0.05, 0) is 13.0 Å². The molecule has 5 atom stereocenters. The van der Waals surface area contributed by atoms with Crippen LogP contribution in [0.25, 0.3) is 0 Å². The number of aliphatic hydroxyl groups excluding tert-OH is 4. The fourth-order valence-electron chi connectivity index (χ4n) is 1.33. The molecule has 0 aromatic heterocycles. The first-order chi connectivity index (χ1) is 6.07. The van der Waals surface area contributed by atoms with E-state index in [1.54, 1.807) is 0 Å². The summed E-state index contributed by atoms with van der Waals surface area (Å²) in [6.45, 7) is 0.275. The Hall–Kier alpha value is -0.240. The molecule has 6 heteroatoms. The maximum atomic E-state index is 9.36. The van der Waals surface area contributed by atoms with Crippen LogP contribution in [-0.4, -0.2) is 57.7 Å². The van der Waals surface area contributed by atoms with Crippen LogP contribution in [0.1, 0.15) is 6.42 Å². The van der Waals surface area contributed by atoms with E-state index >= 15 is 0 Å². The predicted molar refractivity (Wildman–Crippen MR) is 42.6 cm³/mol. The maximum Gasteiger partial charge on any atom is 0.183 e. The lowest BCUT2D eigenvalue weighted by atomic mass is 9.97. The van der Waals surface area contributed by atoms with E-state index in [0.29, 0.717) is 6.42 Å². The molecule has 0 amide bonds. The van der Waals surface area contributed by atoms with Gasteiger partial charge in [0.1, 0.15) is 18.3 Å². The van der Waals surface area contributed by atoms with Crippen molar-refractivity contribution in [2.45, 2.75) is 37.1 Å². The van der Waals surface area contributed by atoms with E-state index in [2.05, 4.69) is 0 Å². The van der Waals surface area contributed by atoms with E-state index in [1.165, 1.54) is 0 Å². The number of rotatable bonds is 2. The third kappa shape index (κ3) is 2.16. The summed E-state index contributed by atoms with van der Waals surface area (Å²) in [7, 11) is 0. The van der Waals surface area contributed by atoms with Crippen LogP contribution in [0.4, 0.5) is 0 Å². The molecule has 0 aliphatic carbocycles. The topological polar surface area (TPSA) is 116 Å². The molecule has 1 aliphatic rings. The van der Waals surface area contributed by atoms with Crippen LogP contribution < -0.4 is 5.73 Å². The highest BCUT2D eigenvalue weighted by atomic mass is 16.6. The Labute approximate surface area is 75.6 Å². The summed E-state index contributed by atoms with van der Waals surface area (Å²) < 4.78 is 4.84. The number of hydrogen-bond acceptors (Lipinski definition) is 6. The van der Waals surface area contributed by atoms with Gasteiger partial charge in [0.05, 0.1) is 6.10 Å². The molecule has 0 bridgehead atoms. The van der Waals surface area contributed by atoms with Gasteiger partial charge < -0.3 is 30.9 Å². The third-order valence-corrected chi connectivity index (χ3v) is 2.14. The van der Waals surface area contributed by atoms with Gasteiger partial charge in [0.25, 0.3) is 0 Å². The molecule has 1 fully saturated rings. The Morgan fingerprint density at radius 1 is 1.00 bits per heavy atom. The first-order valence-corrected chi connectivity index (χ1v) is 4.15. The van der Waals surface area contributed by atoms with Crippen molar-refractivity contribution in [1.82, 2.24) is 0 Å². The van der Waals surface area contributed by atoms with Gasteiger partial charge in [0.2, 0.25) is 0 Å². The standard InChI is InChI=1S/C7H15NO5/c8-2-1-3-4(9)5(10)6(11)7(12)13-3/h3-7,9-12H,1-2,8H2/t3-,4-,5+,6+,7+/m1/s1. The Balaban J connectivity index is 2.59. The molecule has 0 saturated carbocycles. The Morgan fingerprint density at radius 3 is 2.15 bits per heavy atom. The van der Waals surface area contributed by atoms with Crippen LogP contribution in [0.15, 0.2) is 0 Å². The van der Waals surface area contributed by atoms with E-state index in [4.69, 9.17) is 20.7 Å². The highest BCUT2D eigenvalue weighted by molar-refractivity contribution is 4.88. The fraction of sp³-hybridized carbons (Fsp3) is 1.00. The average Bonchev–Trinajstić information content (AvgIpc) is 2.11. The molecule has 1 heterocycles. The number of nitrogens with two attached hydrogens (primary N) is 1. The first kappa shape index (κ1) is 10.8. The predicted octanol–water partition coefficient (Wildman–Crippen LogP) is -2.86. The Morgan fingerprint density at radius 2 is 1.62 bits per heavy atom. The highest BCUT2D eigenvalue weighted by Crippen LogP contribution is 2.21.